The zero-order valence-corrected chi connectivity index (χ0v) is 15.5. The molecule has 0 saturated carbocycles. The van der Waals surface area contributed by atoms with Gasteiger partial charge in [0.1, 0.15) is 0 Å². The van der Waals surface area contributed by atoms with E-state index >= 15 is 0 Å². The van der Waals surface area contributed by atoms with Crippen LogP contribution < -0.4 is 5.32 Å². The van der Waals surface area contributed by atoms with Crippen LogP contribution >= 0.6 is 0 Å². The Labute approximate surface area is 143 Å². The number of aryl methyl sites for hydroxylation is 2. The molecular formula is C22H33N. The molecule has 2 rings (SSSR count). The molecule has 0 radical (unpaired) electrons. The van der Waals surface area contributed by atoms with E-state index < -0.39 is 0 Å². The van der Waals surface area contributed by atoms with Crippen molar-refractivity contribution < 1.29 is 0 Å². The van der Waals surface area contributed by atoms with Crippen LogP contribution in [0.5, 0.6) is 0 Å². The maximum absolute atomic E-state index is 3.11. The predicted octanol–water partition coefficient (Wildman–Crippen LogP) is 5.85. The fourth-order valence-electron chi connectivity index (χ4n) is 2.97. The molecule has 0 aromatic heterocycles. The average molecular weight is 312 g/mol. The van der Waals surface area contributed by atoms with Crippen LogP contribution in [0.15, 0.2) is 48.5 Å². The van der Waals surface area contributed by atoms with Gasteiger partial charge in [-0.2, -0.15) is 0 Å². The zero-order valence-electron chi connectivity index (χ0n) is 15.5. The molecule has 0 bridgehead atoms. The van der Waals surface area contributed by atoms with Crippen LogP contribution in [0.4, 0.5) is 0 Å². The van der Waals surface area contributed by atoms with Gasteiger partial charge < -0.3 is 5.32 Å². The number of benzene rings is 2. The maximum Gasteiger partial charge on any atom is 0.00944 e. The minimum absolute atomic E-state index is 0.539. The second kappa shape index (κ2) is 11.0. The van der Waals surface area contributed by atoms with Crippen molar-refractivity contribution in [2.24, 2.45) is 0 Å². The van der Waals surface area contributed by atoms with E-state index in [0.717, 1.165) is 13.1 Å². The van der Waals surface area contributed by atoms with E-state index in [1.165, 1.54) is 35.1 Å². The van der Waals surface area contributed by atoms with Crippen LogP contribution in [0.1, 0.15) is 61.8 Å². The molecule has 0 fully saturated rings. The molecule has 0 aliphatic heterocycles. The van der Waals surface area contributed by atoms with Gasteiger partial charge >= 0.3 is 0 Å². The molecule has 0 amide bonds. The molecule has 1 nitrogen and oxygen atoms in total. The molecule has 0 aliphatic carbocycles. The summed E-state index contributed by atoms with van der Waals surface area (Å²) in [5, 5.41) is 3.11. The fraction of sp³-hybridized carbons (Fsp3) is 0.455. The summed E-state index contributed by atoms with van der Waals surface area (Å²) < 4.78 is 0. The van der Waals surface area contributed by atoms with Crippen molar-refractivity contribution in [3.05, 3.63) is 70.8 Å². The van der Waals surface area contributed by atoms with Gasteiger partial charge in [-0.25, -0.2) is 0 Å². The molecule has 1 heteroatoms. The summed E-state index contributed by atoms with van der Waals surface area (Å²) in [7, 11) is 0. The number of nitrogens with one attached hydrogen (secondary N) is 1. The first-order valence-corrected chi connectivity index (χ1v) is 8.97. The van der Waals surface area contributed by atoms with Crippen LogP contribution in [0.25, 0.3) is 0 Å². The molecule has 0 unspecified atom stereocenters. The highest BCUT2D eigenvalue weighted by molar-refractivity contribution is 5.40. The molecule has 0 spiro atoms. The molecule has 2 aromatic carbocycles. The Hall–Kier alpha value is -1.60. The van der Waals surface area contributed by atoms with Crippen molar-refractivity contribution in [3.8, 4) is 0 Å². The van der Waals surface area contributed by atoms with Gasteiger partial charge in [0, 0.05) is 5.92 Å². The van der Waals surface area contributed by atoms with E-state index in [4.69, 9.17) is 0 Å². The lowest BCUT2D eigenvalue weighted by atomic mass is 9.83. The summed E-state index contributed by atoms with van der Waals surface area (Å²) in [5.74, 6) is 0.539. The summed E-state index contributed by atoms with van der Waals surface area (Å²) >= 11 is 0. The van der Waals surface area contributed by atoms with Gasteiger partial charge in [0.15, 0.2) is 0 Å². The lowest BCUT2D eigenvalue weighted by Gasteiger charge is -2.21. The smallest absolute Gasteiger partial charge is 0.00944 e. The van der Waals surface area contributed by atoms with Crippen molar-refractivity contribution >= 4 is 0 Å². The van der Waals surface area contributed by atoms with Crippen LogP contribution in [0.3, 0.4) is 0 Å². The molecular weight excluding hydrogens is 278 g/mol. The van der Waals surface area contributed by atoms with Gasteiger partial charge in [-0.05, 0) is 55.6 Å². The first-order chi connectivity index (χ1) is 11.2. The van der Waals surface area contributed by atoms with E-state index in [9.17, 15) is 0 Å². The molecule has 126 valence electrons. The van der Waals surface area contributed by atoms with Gasteiger partial charge in [0.05, 0.1) is 0 Å². The van der Waals surface area contributed by atoms with E-state index in [1.807, 2.05) is 0 Å². The molecule has 1 N–H and O–H groups in total. The average Bonchev–Trinajstić information content (AvgIpc) is 2.56. The second-order valence-electron chi connectivity index (χ2n) is 6.01. The standard InChI is InChI=1S/C18H22.C4H11N/c1-4-9-18(16-12-7-5-10-14(16)2)17-13-8-6-11-15(17)3;1-3-5-4-2/h5-8,10-13,18H,4,9H2,1-3H3;5H,3-4H2,1-2H3. The summed E-state index contributed by atoms with van der Waals surface area (Å²) in [6.07, 6.45) is 2.43. The van der Waals surface area contributed by atoms with Gasteiger partial charge in [-0.15, -0.1) is 0 Å². The number of hydrogen-bond acceptors (Lipinski definition) is 1. The summed E-state index contributed by atoms with van der Waals surface area (Å²) in [5.41, 5.74) is 5.76. The Morgan fingerprint density at radius 1 is 0.739 bits per heavy atom. The Bertz CT molecular complexity index is 512. The lowest BCUT2D eigenvalue weighted by molar-refractivity contribution is 0.691. The Morgan fingerprint density at radius 2 is 1.17 bits per heavy atom. The minimum Gasteiger partial charge on any atom is -0.317 e. The third kappa shape index (κ3) is 6.19. The minimum atomic E-state index is 0.539. The molecule has 0 atom stereocenters. The zero-order chi connectivity index (χ0) is 17.1. The molecule has 0 saturated heterocycles. The van der Waals surface area contributed by atoms with E-state index in [1.54, 1.807) is 0 Å². The Kier molecular flexibility index (Phi) is 9.31. The molecule has 0 heterocycles. The molecule has 23 heavy (non-hydrogen) atoms. The highest BCUT2D eigenvalue weighted by Gasteiger charge is 2.16. The van der Waals surface area contributed by atoms with E-state index in [0.29, 0.717) is 5.92 Å². The van der Waals surface area contributed by atoms with Crippen LogP contribution in [0, 0.1) is 13.8 Å². The third-order valence-electron chi connectivity index (χ3n) is 4.21. The highest BCUT2D eigenvalue weighted by atomic mass is 14.8. The Balaban J connectivity index is 0.000000463. The lowest BCUT2D eigenvalue weighted by Crippen LogP contribution is -2.09. The summed E-state index contributed by atoms with van der Waals surface area (Å²) in [6, 6.07) is 17.6. The van der Waals surface area contributed by atoms with Crippen LogP contribution in [-0.2, 0) is 0 Å². The summed E-state index contributed by atoms with van der Waals surface area (Å²) in [4.78, 5) is 0. The van der Waals surface area contributed by atoms with Crippen molar-refractivity contribution in [3.63, 3.8) is 0 Å². The van der Waals surface area contributed by atoms with E-state index in [-0.39, 0.29) is 0 Å². The first-order valence-electron chi connectivity index (χ1n) is 8.97. The quantitative estimate of drug-likeness (QED) is 0.705. The van der Waals surface area contributed by atoms with E-state index in [2.05, 4.69) is 88.5 Å². The topological polar surface area (TPSA) is 12.0 Å². The third-order valence-corrected chi connectivity index (χ3v) is 4.21. The number of rotatable bonds is 6. The van der Waals surface area contributed by atoms with Crippen molar-refractivity contribution in [1.82, 2.24) is 5.32 Å². The largest absolute Gasteiger partial charge is 0.317 e. The normalized spacial score (nSPS) is 10.3. The van der Waals surface area contributed by atoms with Crippen molar-refractivity contribution in [2.45, 2.75) is 53.4 Å². The van der Waals surface area contributed by atoms with Crippen molar-refractivity contribution in [1.29, 1.82) is 0 Å². The monoisotopic (exact) mass is 311 g/mol. The second-order valence-corrected chi connectivity index (χ2v) is 6.01. The van der Waals surface area contributed by atoms with Gasteiger partial charge in [-0.1, -0.05) is 75.7 Å². The Morgan fingerprint density at radius 3 is 1.48 bits per heavy atom. The van der Waals surface area contributed by atoms with Crippen molar-refractivity contribution in [2.75, 3.05) is 13.1 Å². The fourth-order valence-corrected chi connectivity index (χ4v) is 2.97. The maximum atomic E-state index is 3.11. The summed E-state index contributed by atoms with van der Waals surface area (Å²) in [6.45, 7) is 13.1. The SMILES string of the molecule is CCCC(c1ccccc1C)c1ccccc1C.CCNCC. The molecule has 0 aliphatic rings. The van der Waals surface area contributed by atoms with Gasteiger partial charge in [0.2, 0.25) is 0 Å². The highest BCUT2D eigenvalue weighted by Crippen LogP contribution is 2.32. The first kappa shape index (κ1) is 19.4. The number of hydrogen-bond donors (Lipinski definition) is 1. The van der Waals surface area contributed by atoms with Gasteiger partial charge in [0.25, 0.3) is 0 Å². The predicted molar refractivity (Wildman–Crippen MR) is 103 cm³/mol. The molecule has 2 aromatic rings. The van der Waals surface area contributed by atoms with Crippen LogP contribution in [-0.4, -0.2) is 13.1 Å². The van der Waals surface area contributed by atoms with Gasteiger partial charge in [-0.3, -0.25) is 0 Å². The van der Waals surface area contributed by atoms with Crippen LogP contribution in [0.2, 0.25) is 0 Å².